The first kappa shape index (κ1) is 11.0. The van der Waals surface area contributed by atoms with Gasteiger partial charge in [0.15, 0.2) is 9.84 Å². The molecule has 0 aliphatic heterocycles. The summed E-state index contributed by atoms with van der Waals surface area (Å²) in [5, 5.41) is -0.404. The van der Waals surface area contributed by atoms with Gasteiger partial charge in [0.05, 0.1) is 10.1 Å². The second-order valence-electron chi connectivity index (χ2n) is 3.26. The summed E-state index contributed by atoms with van der Waals surface area (Å²) in [6.07, 6.45) is 0. The molecule has 0 saturated heterocycles. The van der Waals surface area contributed by atoms with Crippen LogP contribution in [0.15, 0.2) is 29.2 Å². The summed E-state index contributed by atoms with van der Waals surface area (Å²) in [4.78, 5) is 0.325. The van der Waals surface area contributed by atoms with Gasteiger partial charge in [-0.15, -0.1) is 0 Å². The molecule has 0 spiro atoms. The Balaban J connectivity index is 3.10. The number of rotatable bonds is 3. The first-order valence-electron chi connectivity index (χ1n) is 4.29. The van der Waals surface area contributed by atoms with E-state index in [1.807, 2.05) is 0 Å². The van der Waals surface area contributed by atoms with Crippen molar-refractivity contribution in [3.8, 4) is 0 Å². The van der Waals surface area contributed by atoms with E-state index in [4.69, 9.17) is 5.84 Å². The van der Waals surface area contributed by atoms with Gasteiger partial charge in [-0.2, -0.15) is 0 Å². The Morgan fingerprint density at radius 3 is 2.07 bits per heavy atom. The Morgan fingerprint density at radius 2 is 1.71 bits per heavy atom. The zero-order valence-electron chi connectivity index (χ0n) is 8.19. The molecule has 0 aliphatic rings. The summed E-state index contributed by atoms with van der Waals surface area (Å²) in [5.41, 5.74) is 3.13. The fourth-order valence-corrected chi connectivity index (χ4v) is 2.07. The minimum atomic E-state index is -3.17. The normalized spacial score (nSPS) is 11.7. The van der Waals surface area contributed by atoms with Crippen molar-refractivity contribution in [3.05, 3.63) is 24.3 Å². The Kier molecular flexibility index (Phi) is 3.13. The number of hydrogen-bond donors (Lipinski definition) is 2. The highest BCUT2D eigenvalue weighted by Crippen LogP contribution is 2.17. The van der Waals surface area contributed by atoms with E-state index in [2.05, 4.69) is 5.43 Å². The van der Waals surface area contributed by atoms with Crippen molar-refractivity contribution in [1.82, 2.24) is 0 Å². The van der Waals surface area contributed by atoms with E-state index < -0.39 is 15.1 Å². The third-order valence-corrected chi connectivity index (χ3v) is 4.14. The standard InChI is InChI=1S/C9H14N2O2S/c1-7(2)14(12,13)9-5-3-8(11-10)4-6-9/h3-7,11H,10H2,1-2H3. The van der Waals surface area contributed by atoms with E-state index in [0.717, 1.165) is 0 Å². The number of hydrazine groups is 1. The molecule has 0 aliphatic carbocycles. The van der Waals surface area contributed by atoms with E-state index in [0.29, 0.717) is 10.6 Å². The molecule has 78 valence electrons. The average molecular weight is 214 g/mol. The minimum Gasteiger partial charge on any atom is -0.324 e. The maximum absolute atomic E-state index is 11.7. The van der Waals surface area contributed by atoms with Gasteiger partial charge in [-0.3, -0.25) is 5.84 Å². The van der Waals surface area contributed by atoms with Crippen molar-refractivity contribution in [3.63, 3.8) is 0 Å². The van der Waals surface area contributed by atoms with E-state index in [-0.39, 0.29) is 0 Å². The quantitative estimate of drug-likeness (QED) is 0.585. The molecule has 1 rings (SSSR count). The van der Waals surface area contributed by atoms with Gasteiger partial charge in [0, 0.05) is 5.69 Å². The Morgan fingerprint density at radius 1 is 1.21 bits per heavy atom. The molecule has 0 amide bonds. The summed E-state index contributed by atoms with van der Waals surface area (Å²) in [6, 6.07) is 6.36. The van der Waals surface area contributed by atoms with Crippen LogP contribution in [0.1, 0.15) is 13.8 Å². The molecule has 0 radical (unpaired) electrons. The SMILES string of the molecule is CC(C)S(=O)(=O)c1ccc(NN)cc1. The molecule has 14 heavy (non-hydrogen) atoms. The van der Waals surface area contributed by atoms with Crippen LogP contribution in [-0.4, -0.2) is 13.7 Å². The second kappa shape index (κ2) is 3.98. The third-order valence-electron chi connectivity index (χ3n) is 1.97. The van der Waals surface area contributed by atoms with Gasteiger partial charge in [-0.1, -0.05) is 0 Å². The molecule has 4 nitrogen and oxygen atoms in total. The summed E-state index contributed by atoms with van der Waals surface area (Å²) in [6.45, 7) is 3.31. The lowest BCUT2D eigenvalue weighted by molar-refractivity contribution is 0.587. The molecule has 1 aromatic rings. The highest BCUT2D eigenvalue weighted by molar-refractivity contribution is 7.92. The first-order chi connectivity index (χ1) is 6.48. The second-order valence-corrected chi connectivity index (χ2v) is 5.77. The van der Waals surface area contributed by atoms with Gasteiger partial charge in [0.2, 0.25) is 0 Å². The van der Waals surface area contributed by atoms with Crippen LogP contribution in [0.2, 0.25) is 0 Å². The van der Waals surface area contributed by atoms with Crippen molar-refractivity contribution in [2.75, 3.05) is 5.43 Å². The predicted octanol–water partition coefficient (Wildman–Crippen LogP) is 1.15. The molecule has 0 heterocycles. The number of nitrogen functional groups attached to an aromatic ring is 1. The molecule has 3 N–H and O–H groups in total. The highest BCUT2D eigenvalue weighted by atomic mass is 32.2. The van der Waals surface area contributed by atoms with Crippen LogP contribution in [0.4, 0.5) is 5.69 Å². The molecule has 5 heteroatoms. The number of nitrogens with two attached hydrogens (primary N) is 1. The third kappa shape index (κ3) is 2.05. The Bertz CT molecular complexity index is 395. The first-order valence-corrected chi connectivity index (χ1v) is 5.83. The largest absolute Gasteiger partial charge is 0.324 e. The van der Waals surface area contributed by atoms with Crippen LogP contribution in [0.5, 0.6) is 0 Å². The number of sulfone groups is 1. The lowest BCUT2D eigenvalue weighted by atomic mass is 10.3. The topological polar surface area (TPSA) is 72.2 Å². The number of nitrogens with one attached hydrogen (secondary N) is 1. The molecule has 0 aromatic heterocycles. The van der Waals surface area contributed by atoms with Crippen molar-refractivity contribution < 1.29 is 8.42 Å². The fraction of sp³-hybridized carbons (Fsp3) is 0.333. The molecular weight excluding hydrogens is 200 g/mol. The smallest absolute Gasteiger partial charge is 0.180 e. The van der Waals surface area contributed by atoms with Crippen molar-refractivity contribution in [1.29, 1.82) is 0 Å². The summed E-state index contributed by atoms with van der Waals surface area (Å²) in [5.74, 6) is 5.17. The molecule has 1 aromatic carbocycles. The Labute approximate surface area is 84.0 Å². The molecular formula is C9H14N2O2S. The fourth-order valence-electron chi connectivity index (χ4n) is 1.01. The summed E-state index contributed by atoms with van der Waals surface area (Å²) >= 11 is 0. The zero-order valence-corrected chi connectivity index (χ0v) is 9.01. The van der Waals surface area contributed by atoms with Gasteiger partial charge >= 0.3 is 0 Å². The van der Waals surface area contributed by atoms with E-state index >= 15 is 0 Å². The van der Waals surface area contributed by atoms with Crippen LogP contribution in [0, 0.1) is 0 Å². The molecule has 0 fully saturated rings. The van der Waals surface area contributed by atoms with Gasteiger partial charge in [-0.05, 0) is 38.1 Å². The molecule has 0 unspecified atom stereocenters. The van der Waals surface area contributed by atoms with Crippen LogP contribution < -0.4 is 11.3 Å². The van der Waals surface area contributed by atoms with Crippen molar-refractivity contribution >= 4 is 15.5 Å². The summed E-state index contributed by atoms with van der Waals surface area (Å²) in [7, 11) is -3.17. The van der Waals surface area contributed by atoms with E-state index in [1.54, 1.807) is 38.1 Å². The van der Waals surface area contributed by atoms with Crippen LogP contribution in [0.3, 0.4) is 0 Å². The molecule has 0 bridgehead atoms. The van der Waals surface area contributed by atoms with Crippen LogP contribution >= 0.6 is 0 Å². The van der Waals surface area contributed by atoms with Gasteiger partial charge < -0.3 is 5.43 Å². The lowest BCUT2D eigenvalue weighted by Crippen LogP contribution is -2.14. The minimum absolute atomic E-state index is 0.325. The van der Waals surface area contributed by atoms with E-state index in [1.165, 1.54) is 0 Å². The monoisotopic (exact) mass is 214 g/mol. The van der Waals surface area contributed by atoms with Crippen LogP contribution in [-0.2, 0) is 9.84 Å². The maximum atomic E-state index is 11.7. The van der Waals surface area contributed by atoms with Gasteiger partial charge in [0.1, 0.15) is 0 Å². The lowest BCUT2D eigenvalue weighted by Gasteiger charge is -2.08. The number of benzene rings is 1. The van der Waals surface area contributed by atoms with Crippen molar-refractivity contribution in [2.24, 2.45) is 5.84 Å². The number of anilines is 1. The van der Waals surface area contributed by atoms with Crippen molar-refractivity contribution in [2.45, 2.75) is 24.0 Å². The van der Waals surface area contributed by atoms with Crippen LogP contribution in [0.25, 0.3) is 0 Å². The predicted molar refractivity (Wildman–Crippen MR) is 56.6 cm³/mol. The summed E-state index contributed by atoms with van der Waals surface area (Å²) < 4.78 is 23.4. The molecule has 0 atom stereocenters. The number of hydrogen-bond acceptors (Lipinski definition) is 4. The maximum Gasteiger partial charge on any atom is 0.180 e. The molecule has 0 saturated carbocycles. The van der Waals surface area contributed by atoms with Gasteiger partial charge in [-0.25, -0.2) is 8.42 Å². The Hall–Kier alpha value is -1.07. The van der Waals surface area contributed by atoms with E-state index in [9.17, 15) is 8.42 Å². The zero-order chi connectivity index (χ0) is 10.8. The highest BCUT2D eigenvalue weighted by Gasteiger charge is 2.18. The van der Waals surface area contributed by atoms with Gasteiger partial charge in [0.25, 0.3) is 0 Å². The average Bonchev–Trinajstić information content (AvgIpc) is 2.17.